The number of hydrogen-bond acceptors (Lipinski definition) is 8. The number of benzene rings is 2. The van der Waals surface area contributed by atoms with E-state index in [-0.39, 0.29) is 11.3 Å². The van der Waals surface area contributed by atoms with Gasteiger partial charge in [0, 0.05) is 24.0 Å². The van der Waals surface area contributed by atoms with E-state index < -0.39 is 23.5 Å². The van der Waals surface area contributed by atoms with Gasteiger partial charge < -0.3 is 33.5 Å². The number of nitrogens with zero attached hydrogens (tertiary/aromatic N) is 2. The molecule has 4 rings (SSSR count). The smallest absolute Gasteiger partial charge is 0.290 e. The van der Waals surface area contributed by atoms with Crippen LogP contribution in [-0.4, -0.2) is 74.1 Å². The second-order valence-corrected chi connectivity index (χ2v) is 8.62. The molecule has 3 aromatic rings. The number of Topliss-reactive ketones (excluding diaryl/α,β-unsaturated/α-hetero) is 1. The molecule has 1 N–H and O–H groups in total. The second kappa shape index (κ2) is 11.0. The minimum absolute atomic E-state index is 0.00805. The average molecular weight is 509 g/mol. The zero-order chi connectivity index (χ0) is 26.7. The molecule has 0 spiro atoms. The maximum Gasteiger partial charge on any atom is 0.290 e. The maximum absolute atomic E-state index is 13.9. The topological polar surface area (TPSA) is 102 Å². The monoisotopic (exact) mass is 508 g/mol. The fraction of sp³-hybridized carbons (Fsp3) is 0.357. The lowest BCUT2D eigenvalue weighted by molar-refractivity contribution is -0.129. The first-order valence-corrected chi connectivity index (χ1v) is 12.2. The first-order chi connectivity index (χ1) is 17.9. The van der Waals surface area contributed by atoms with Gasteiger partial charge in [-0.05, 0) is 43.4 Å². The van der Waals surface area contributed by atoms with E-state index >= 15 is 0 Å². The molecule has 0 bridgehead atoms. The van der Waals surface area contributed by atoms with Crippen molar-refractivity contribution in [1.82, 2.24) is 9.80 Å². The van der Waals surface area contributed by atoms with Crippen LogP contribution in [0.25, 0.3) is 11.0 Å². The largest absolute Gasteiger partial charge is 0.503 e. The van der Waals surface area contributed by atoms with Gasteiger partial charge in [0.05, 0.1) is 32.9 Å². The van der Waals surface area contributed by atoms with Gasteiger partial charge in [-0.25, -0.2) is 0 Å². The predicted molar refractivity (Wildman–Crippen MR) is 139 cm³/mol. The Hall–Kier alpha value is -3.98. The minimum atomic E-state index is -0.907. The molecule has 1 atom stereocenters. The van der Waals surface area contributed by atoms with Crippen molar-refractivity contribution in [3.8, 4) is 17.2 Å². The average Bonchev–Trinajstić information content (AvgIpc) is 3.47. The SMILES string of the molecule is CCN(CC)CCN1C(=O)C(O)=C(C(=O)c2cc3cccc(OC)c3o2)C1c1cc(OC)ccc1OC. The summed E-state index contributed by atoms with van der Waals surface area (Å²) in [4.78, 5) is 30.9. The number of amides is 1. The lowest BCUT2D eigenvalue weighted by Crippen LogP contribution is -2.38. The summed E-state index contributed by atoms with van der Waals surface area (Å²) in [5, 5.41) is 11.7. The Morgan fingerprint density at radius 1 is 1.03 bits per heavy atom. The standard InChI is InChI=1S/C28H32N2O7/c1-6-29(7-2)13-14-30-24(19-16-18(34-3)11-12-20(19)35-4)23(26(32)28(30)33)25(31)22-15-17-9-8-10-21(36-5)27(17)37-22/h8-12,15-16,24,32H,6-7,13-14H2,1-5H3. The van der Waals surface area contributed by atoms with Gasteiger partial charge in [-0.1, -0.05) is 26.0 Å². The third-order valence-electron chi connectivity index (χ3n) is 6.78. The van der Waals surface area contributed by atoms with E-state index in [2.05, 4.69) is 4.90 Å². The van der Waals surface area contributed by atoms with Crippen molar-refractivity contribution >= 4 is 22.7 Å². The Bertz CT molecular complexity index is 1340. The summed E-state index contributed by atoms with van der Waals surface area (Å²) in [5.41, 5.74) is 0.858. The van der Waals surface area contributed by atoms with Crippen LogP contribution in [0.4, 0.5) is 0 Å². The maximum atomic E-state index is 13.9. The zero-order valence-corrected chi connectivity index (χ0v) is 21.7. The number of likely N-dealkylation sites (N-methyl/N-ethyl adjacent to an activating group) is 1. The molecule has 0 saturated heterocycles. The molecular formula is C28H32N2O7. The Balaban J connectivity index is 1.84. The number of carbonyl (C=O) groups is 2. The number of para-hydroxylation sites is 1. The quantitative estimate of drug-likeness (QED) is 0.381. The van der Waals surface area contributed by atoms with Gasteiger partial charge in [-0.3, -0.25) is 9.59 Å². The van der Waals surface area contributed by atoms with Crippen LogP contribution in [0, 0.1) is 0 Å². The fourth-order valence-electron chi connectivity index (χ4n) is 4.72. The Kier molecular flexibility index (Phi) is 7.73. The summed E-state index contributed by atoms with van der Waals surface area (Å²) in [5.74, 6) is -0.373. The number of furan rings is 1. The molecule has 1 aliphatic rings. The van der Waals surface area contributed by atoms with Crippen LogP contribution < -0.4 is 14.2 Å². The van der Waals surface area contributed by atoms with Crippen molar-refractivity contribution in [3.63, 3.8) is 0 Å². The Morgan fingerprint density at radius 3 is 2.41 bits per heavy atom. The minimum Gasteiger partial charge on any atom is -0.503 e. The molecule has 1 unspecified atom stereocenters. The number of aliphatic hydroxyl groups is 1. The summed E-state index contributed by atoms with van der Waals surface area (Å²) in [7, 11) is 4.56. The summed E-state index contributed by atoms with van der Waals surface area (Å²) >= 11 is 0. The van der Waals surface area contributed by atoms with Crippen LogP contribution in [-0.2, 0) is 4.79 Å². The van der Waals surface area contributed by atoms with Crippen LogP contribution in [0.3, 0.4) is 0 Å². The molecule has 9 nitrogen and oxygen atoms in total. The van der Waals surface area contributed by atoms with Crippen molar-refractivity contribution in [2.24, 2.45) is 0 Å². The highest BCUT2D eigenvalue weighted by Gasteiger charge is 2.45. The van der Waals surface area contributed by atoms with Gasteiger partial charge in [-0.15, -0.1) is 0 Å². The summed E-state index contributed by atoms with van der Waals surface area (Å²) in [6, 6.07) is 11.2. The number of ketones is 1. The lowest BCUT2D eigenvalue weighted by Gasteiger charge is -2.30. The molecule has 196 valence electrons. The van der Waals surface area contributed by atoms with Crippen molar-refractivity contribution in [3.05, 3.63) is 65.1 Å². The molecule has 2 heterocycles. The number of methoxy groups -OCH3 is 3. The van der Waals surface area contributed by atoms with Crippen LogP contribution >= 0.6 is 0 Å². The van der Waals surface area contributed by atoms with E-state index in [9.17, 15) is 14.7 Å². The van der Waals surface area contributed by atoms with E-state index in [1.165, 1.54) is 26.2 Å². The number of aliphatic hydroxyl groups excluding tert-OH is 1. The zero-order valence-electron chi connectivity index (χ0n) is 21.7. The first-order valence-electron chi connectivity index (χ1n) is 12.2. The molecule has 1 aromatic heterocycles. The highest BCUT2D eigenvalue weighted by molar-refractivity contribution is 6.16. The third-order valence-corrected chi connectivity index (χ3v) is 6.78. The Morgan fingerprint density at radius 2 is 1.76 bits per heavy atom. The molecule has 37 heavy (non-hydrogen) atoms. The first kappa shape index (κ1) is 26.1. The molecule has 0 aliphatic carbocycles. The van der Waals surface area contributed by atoms with E-state index in [1.54, 1.807) is 42.5 Å². The second-order valence-electron chi connectivity index (χ2n) is 8.62. The normalized spacial score (nSPS) is 15.7. The van der Waals surface area contributed by atoms with Crippen molar-refractivity contribution in [2.75, 3.05) is 47.5 Å². The number of fused-ring (bicyclic) bond motifs is 1. The highest BCUT2D eigenvalue weighted by Crippen LogP contribution is 2.44. The van der Waals surface area contributed by atoms with Crippen LogP contribution in [0.15, 0.2) is 58.2 Å². The van der Waals surface area contributed by atoms with Gasteiger partial charge in [0.1, 0.15) is 11.5 Å². The predicted octanol–water partition coefficient (Wildman–Crippen LogP) is 4.38. The summed E-state index contributed by atoms with van der Waals surface area (Å²) in [6.07, 6.45) is 0. The number of ether oxygens (including phenoxy) is 3. The molecule has 1 aliphatic heterocycles. The van der Waals surface area contributed by atoms with Crippen molar-refractivity contribution < 1.29 is 33.3 Å². The molecule has 9 heteroatoms. The van der Waals surface area contributed by atoms with Gasteiger partial charge in [0.2, 0.25) is 5.78 Å². The van der Waals surface area contributed by atoms with Gasteiger partial charge in [-0.2, -0.15) is 0 Å². The van der Waals surface area contributed by atoms with Crippen LogP contribution in [0.1, 0.15) is 36.0 Å². The highest BCUT2D eigenvalue weighted by atomic mass is 16.5. The number of rotatable bonds is 11. The van der Waals surface area contributed by atoms with E-state index in [1.807, 2.05) is 13.8 Å². The molecule has 0 fully saturated rings. The molecule has 2 aromatic carbocycles. The third kappa shape index (κ3) is 4.74. The molecule has 0 radical (unpaired) electrons. The molecule has 1 amide bonds. The molecule has 0 saturated carbocycles. The van der Waals surface area contributed by atoms with Gasteiger partial charge >= 0.3 is 0 Å². The van der Waals surface area contributed by atoms with E-state index in [4.69, 9.17) is 18.6 Å². The fourth-order valence-corrected chi connectivity index (χ4v) is 4.72. The van der Waals surface area contributed by atoms with Crippen LogP contribution in [0.2, 0.25) is 0 Å². The number of carbonyl (C=O) groups excluding carboxylic acids is 2. The van der Waals surface area contributed by atoms with Gasteiger partial charge in [0.25, 0.3) is 5.91 Å². The number of hydrogen-bond donors (Lipinski definition) is 1. The van der Waals surface area contributed by atoms with E-state index in [0.29, 0.717) is 46.9 Å². The summed E-state index contributed by atoms with van der Waals surface area (Å²) in [6.45, 7) is 6.55. The summed E-state index contributed by atoms with van der Waals surface area (Å²) < 4.78 is 22.3. The van der Waals surface area contributed by atoms with E-state index in [0.717, 1.165) is 13.1 Å². The van der Waals surface area contributed by atoms with Crippen molar-refractivity contribution in [2.45, 2.75) is 19.9 Å². The van der Waals surface area contributed by atoms with Crippen LogP contribution in [0.5, 0.6) is 17.2 Å². The Labute approximate surface area is 215 Å². The van der Waals surface area contributed by atoms with Gasteiger partial charge in [0.15, 0.2) is 22.9 Å². The lowest BCUT2D eigenvalue weighted by atomic mass is 9.94. The molecular weight excluding hydrogens is 476 g/mol. The van der Waals surface area contributed by atoms with Crippen molar-refractivity contribution in [1.29, 1.82) is 0 Å².